The van der Waals surface area contributed by atoms with Gasteiger partial charge in [-0.05, 0) is 31.9 Å². The maximum Gasteiger partial charge on any atom is 0.231 e. The van der Waals surface area contributed by atoms with Gasteiger partial charge >= 0.3 is 0 Å². The van der Waals surface area contributed by atoms with E-state index in [0.717, 1.165) is 12.0 Å². The van der Waals surface area contributed by atoms with E-state index in [-0.39, 0.29) is 30.6 Å². The van der Waals surface area contributed by atoms with Crippen LogP contribution in [0.2, 0.25) is 0 Å². The average Bonchev–Trinajstić information content (AvgIpc) is 2.38. The van der Waals surface area contributed by atoms with Crippen LogP contribution in [0.15, 0.2) is 24.5 Å². The van der Waals surface area contributed by atoms with E-state index in [1.807, 2.05) is 37.8 Å². The maximum atomic E-state index is 11.3. The molecule has 0 aliphatic rings. The predicted molar refractivity (Wildman–Crippen MR) is 76.3 cm³/mol. The highest BCUT2D eigenvalue weighted by molar-refractivity contribution is 5.76. The van der Waals surface area contributed by atoms with E-state index in [9.17, 15) is 4.79 Å². The zero-order valence-electron chi connectivity index (χ0n) is 11.9. The molecule has 19 heavy (non-hydrogen) atoms. The highest BCUT2D eigenvalue weighted by Crippen LogP contribution is 2.26. The first kappa shape index (κ1) is 15.6. The number of aromatic nitrogens is 1. The van der Waals surface area contributed by atoms with Crippen molar-refractivity contribution < 1.29 is 4.79 Å². The highest BCUT2D eigenvalue weighted by atomic mass is 16.1. The molecule has 0 saturated carbocycles. The monoisotopic (exact) mass is 264 g/mol. The number of primary amides is 1. The normalized spacial score (nSPS) is 14.6. The Bertz CT molecular complexity index is 394. The number of nitrogens with two attached hydrogens (primary N) is 2. The van der Waals surface area contributed by atoms with Crippen LogP contribution in [0.3, 0.4) is 0 Å². The van der Waals surface area contributed by atoms with Crippen molar-refractivity contribution in [1.29, 1.82) is 0 Å². The Kier molecular flexibility index (Phi) is 5.92. The lowest BCUT2D eigenvalue weighted by molar-refractivity contribution is -0.120. The number of hydrogen-bond acceptors (Lipinski definition) is 4. The molecule has 0 aromatic carbocycles. The summed E-state index contributed by atoms with van der Waals surface area (Å²) in [5.41, 5.74) is 12.6. The molecule has 2 unspecified atom stereocenters. The maximum absolute atomic E-state index is 11.3. The average molecular weight is 264 g/mol. The van der Waals surface area contributed by atoms with Crippen LogP contribution in [0.5, 0.6) is 0 Å². The van der Waals surface area contributed by atoms with E-state index in [1.165, 1.54) is 0 Å². The van der Waals surface area contributed by atoms with E-state index in [0.29, 0.717) is 0 Å². The first-order valence-corrected chi connectivity index (χ1v) is 6.66. The molecule has 0 aliphatic heterocycles. The summed E-state index contributed by atoms with van der Waals surface area (Å²) in [7, 11) is 0. The van der Waals surface area contributed by atoms with Crippen LogP contribution in [0, 0.1) is 0 Å². The predicted octanol–water partition coefficient (Wildman–Crippen LogP) is 1.06. The van der Waals surface area contributed by atoms with Gasteiger partial charge in [0, 0.05) is 24.5 Å². The van der Waals surface area contributed by atoms with Crippen LogP contribution in [0.1, 0.15) is 38.8 Å². The van der Waals surface area contributed by atoms with Crippen LogP contribution < -0.4 is 11.5 Å². The van der Waals surface area contributed by atoms with Crippen molar-refractivity contribution in [3.8, 4) is 0 Å². The van der Waals surface area contributed by atoms with E-state index >= 15 is 0 Å². The van der Waals surface area contributed by atoms with Gasteiger partial charge in [0.2, 0.25) is 5.91 Å². The molecular weight excluding hydrogens is 240 g/mol. The molecule has 4 N–H and O–H groups in total. The number of carbonyl (C=O) groups excluding carboxylic acids is 1. The summed E-state index contributed by atoms with van der Waals surface area (Å²) in [6.45, 7) is 6.31. The molecule has 1 aromatic rings. The van der Waals surface area contributed by atoms with E-state index < -0.39 is 0 Å². The van der Waals surface area contributed by atoms with Crippen molar-refractivity contribution in [2.75, 3.05) is 6.54 Å². The molecular formula is C14H24N4O. The molecule has 1 aromatic heterocycles. The molecule has 1 amide bonds. The summed E-state index contributed by atoms with van der Waals surface area (Å²) in [6.07, 6.45) is 4.35. The lowest BCUT2D eigenvalue weighted by Crippen LogP contribution is -2.47. The van der Waals surface area contributed by atoms with Crippen molar-refractivity contribution >= 4 is 5.91 Å². The van der Waals surface area contributed by atoms with Crippen molar-refractivity contribution in [3.63, 3.8) is 0 Å². The molecule has 106 valence electrons. The van der Waals surface area contributed by atoms with Gasteiger partial charge < -0.3 is 11.5 Å². The van der Waals surface area contributed by atoms with Crippen LogP contribution in [0.25, 0.3) is 0 Å². The summed E-state index contributed by atoms with van der Waals surface area (Å²) in [4.78, 5) is 17.5. The van der Waals surface area contributed by atoms with Crippen LogP contribution in [-0.2, 0) is 4.79 Å². The number of rotatable bonds is 7. The Morgan fingerprint density at radius 3 is 2.58 bits per heavy atom. The van der Waals surface area contributed by atoms with Gasteiger partial charge in [0.05, 0.1) is 12.6 Å². The summed E-state index contributed by atoms with van der Waals surface area (Å²) < 4.78 is 0. The minimum Gasteiger partial charge on any atom is -0.369 e. The van der Waals surface area contributed by atoms with Gasteiger partial charge in [-0.25, -0.2) is 0 Å². The topological polar surface area (TPSA) is 85.2 Å². The third-order valence-corrected chi connectivity index (χ3v) is 3.26. The number of carbonyl (C=O) groups is 1. The molecule has 0 saturated heterocycles. The summed E-state index contributed by atoms with van der Waals surface area (Å²) in [5.74, 6) is -0.342. The Morgan fingerprint density at radius 2 is 2.16 bits per heavy atom. The van der Waals surface area contributed by atoms with Gasteiger partial charge in [0.25, 0.3) is 0 Å². The lowest BCUT2D eigenvalue weighted by Gasteiger charge is -2.37. The third kappa shape index (κ3) is 4.29. The summed E-state index contributed by atoms with van der Waals surface area (Å²) in [5, 5.41) is 0. The lowest BCUT2D eigenvalue weighted by atomic mass is 9.96. The highest BCUT2D eigenvalue weighted by Gasteiger charge is 2.28. The van der Waals surface area contributed by atoms with Gasteiger partial charge in [-0.15, -0.1) is 0 Å². The molecule has 0 fully saturated rings. The Labute approximate surface area is 115 Å². The van der Waals surface area contributed by atoms with Crippen LogP contribution in [-0.4, -0.2) is 34.4 Å². The van der Waals surface area contributed by atoms with Crippen LogP contribution in [0.4, 0.5) is 0 Å². The van der Waals surface area contributed by atoms with E-state index in [2.05, 4.69) is 4.98 Å². The number of pyridine rings is 1. The zero-order valence-corrected chi connectivity index (χ0v) is 11.9. The van der Waals surface area contributed by atoms with Gasteiger partial charge in [-0.3, -0.25) is 14.7 Å². The fraction of sp³-hybridized carbons (Fsp3) is 0.571. The molecule has 0 aliphatic carbocycles. The Hall–Kier alpha value is -1.46. The summed E-state index contributed by atoms with van der Waals surface area (Å²) >= 11 is 0. The van der Waals surface area contributed by atoms with Gasteiger partial charge in [0.1, 0.15) is 0 Å². The van der Waals surface area contributed by atoms with Gasteiger partial charge in [-0.1, -0.05) is 13.0 Å². The molecule has 0 radical (unpaired) electrons. The zero-order chi connectivity index (χ0) is 14.4. The second-order valence-corrected chi connectivity index (χ2v) is 5.04. The van der Waals surface area contributed by atoms with Crippen molar-refractivity contribution in [1.82, 2.24) is 9.88 Å². The largest absolute Gasteiger partial charge is 0.369 e. The minimum atomic E-state index is -0.342. The molecule has 5 heteroatoms. The van der Waals surface area contributed by atoms with Crippen LogP contribution >= 0.6 is 0 Å². The van der Waals surface area contributed by atoms with Gasteiger partial charge in [-0.2, -0.15) is 0 Å². The fourth-order valence-corrected chi connectivity index (χ4v) is 2.24. The van der Waals surface area contributed by atoms with Crippen molar-refractivity contribution in [2.24, 2.45) is 11.5 Å². The quantitative estimate of drug-likeness (QED) is 0.771. The second-order valence-electron chi connectivity index (χ2n) is 5.04. The fourth-order valence-electron chi connectivity index (χ4n) is 2.24. The SMILES string of the molecule is CCC(N)C(c1cccnc1)N(CC(N)=O)C(C)C. The number of amides is 1. The molecule has 5 nitrogen and oxygen atoms in total. The van der Waals surface area contributed by atoms with Crippen molar-refractivity contribution in [3.05, 3.63) is 30.1 Å². The standard InChI is InChI=1S/C14H24N4O/c1-4-12(15)14(11-6-5-7-17-8-11)18(10(2)3)9-13(16)19/h5-8,10,12,14H,4,9,15H2,1-3H3,(H2,16,19). The number of nitrogens with zero attached hydrogens (tertiary/aromatic N) is 2. The minimum absolute atomic E-state index is 0.0498. The Morgan fingerprint density at radius 1 is 1.47 bits per heavy atom. The summed E-state index contributed by atoms with van der Waals surface area (Å²) in [6, 6.07) is 3.93. The van der Waals surface area contributed by atoms with Crippen molar-refractivity contribution in [2.45, 2.75) is 45.3 Å². The van der Waals surface area contributed by atoms with E-state index in [1.54, 1.807) is 12.4 Å². The van der Waals surface area contributed by atoms with Gasteiger partial charge in [0.15, 0.2) is 0 Å². The molecule has 0 bridgehead atoms. The number of hydrogen-bond donors (Lipinski definition) is 2. The van der Waals surface area contributed by atoms with E-state index in [4.69, 9.17) is 11.5 Å². The molecule has 0 spiro atoms. The first-order valence-electron chi connectivity index (χ1n) is 6.66. The molecule has 2 atom stereocenters. The third-order valence-electron chi connectivity index (χ3n) is 3.26. The Balaban J connectivity index is 3.10. The first-order chi connectivity index (χ1) is 8.97. The molecule has 1 heterocycles. The smallest absolute Gasteiger partial charge is 0.231 e. The second kappa shape index (κ2) is 7.21. The molecule has 1 rings (SSSR count).